The molecule has 5 nitrogen and oxygen atoms in total. The maximum atomic E-state index is 12.7. The van der Waals surface area contributed by atoms with E-state index in [1.54, 1.807) is 11.0 Å². The van der Waals surface area contributed by atoms with Crippen LogP contribution in [0.3, 0.4) is 0 Å². The number of nitrogens with zero attached hydrogens (tertiary/aromatic N) is 1. The molecule has 0 radical (unpaired) electrons. The number of hydrogen-bond acceptors (Lipinski definition) is 3. The highest BCUT2D eigenvalue weighted by Crippen LogP contribution is 2.23. The smallest absolute Gasteiger partial charge is 0.262 e. The van der Waals surface area contributed by atoms with E-state index in [1.165, 1.54) is 0 Å². The number of hydrogen-bond donors (Lipinski definition) is 2. The monoisotopic (exact) mass is 360 g/mol. The van der Waals surface area contributed by atoms with Gasteiger partial charge in [-0.3, -0.25) is 4.72 Å². The van der Waals surface area contributed by atoms with Crippen molar-refractivity contribution in [3.05, 3.63) is 53.6 Å². The van der Waals surface area contributed by atoms with E-state index in [9.17, 15) is 8.42 Å². The number of sulfonamides is 1. The van der Waals surface area contributed by atoms with Crippen LogP contribution in [0.15, 0.2) is 47.4 Å². The number of nitrogens with one attached hydrogen (secondary N) is 2. The fraction of sp³-hybridized carbons (Fsp3) is 0.368. The molecule has 134 valence electrons. The lowest BCUT2D eigenvalue weighted by molar-refractivity contribution is -0.880. The van der Waals surface area contributed by atoms with Gasteiger partial charge in [-0.2, -0.15) is 0 Å². The Morgan fingerprint density at radius 2 is 1.64 bits per heavy atom. The zero-order valence-corrected chi connectivity index (χ0v) is 15.9. The number of piperazine rings is 1. The number of rotatable bonds is 4. The molecule has 1 fully saturated rings. The Hall–Kier alpha value is -2.05. The van der Waals surface area contributed by atoms with Crippen LogP contribution in [0, 0.1) is 13.8 Å². The summed E-state index contributed by atoms with van der Waals surface area (Å²) in [5.74, 6) is 0. The van der Waals surface area contributed by atoms with Gasteiger partial charge in [-0.05, 0) is 55.3 Å². The van der Waals surface area contributed by atoms with Crippen LogP contribution in [0.1, 0.15) is 11.1 Å². The first-order chi connectivity index (χ1) is 11.8. The highest BCUT2D eigenvalue weighted by molar-refractivity contribution is 7.92. The predicted octanol–water partition coefficient (Wildman–Crippen LogP) is 1.44. The topological polar surface area (TPSA) is 53.9 Å². The van der Waals surface area contributed by atoms with Crippen molar-refractivity contribution in [2.24, 2.45) is 0 Å². The van der Waals surface area contributed by atoms with Gasteiger partial charge in [0.05, 0.1) is 38.1 Å². The maximum Gasteiger partial charge on any atom is 0.262 e. The molecular formula is C19H26N3O2S+. The van der Waals surface area contributed by atoms with Gasteiger partial charge in [-0.25, -0.2) is 8.42 Å². The number of quaternary nitrogens is 1. The Morgan fingerprint density at radius 1 is 1.00 bits per heavy atom. The molecule has 1 heterocycles. The second kappa shape index (κ2) is 7.06. The fourth-order valence-electron chi connectivity index (χ4n) is 3.09. The van der Waals surface area contributed by atoms with E-state index in [4.69, 9.17) is 0 Å². The molecule has 25 heavy (non-hydrogen) atoms. The minimum absolute atomic E-state index is 0.332. The summed E-state index contributed by atoms with van der Waals surface area (Å²) in [7, 11) is -1.37. The van der Waals surface area contributed by atoms with Crippen molar-refractivity contribution in [2.75, 3.05) is 42.8 Å². The van der Waals surface area contributed by atoms with E-state index in [-0.39, 0.29) is 0 Å². The summed E-state index contributed by atoms with van der Waals surface area (Å²) < 4.78 is 28.0. The van der Waals surface area contributed by atoms with Gasteiger partial charge >= 0.3 is 0 Å². The summed E-state index contributed by atoms with van der Waals surface area (Å²) in [6.45, 7) is 8.01. The summed E-state index contributed by atoms with van der Waals surface area (Å²) in [4.78, 5) is 4.23. The van der Waals surface area contributed by atoms with Crippen LogP contribution in [0.2, 0.25) is 0 Å². The van der Waals surface area contributed by atoms with Crippen LogP contribution in [0.25, 0.3) is 0 Å². The predicted molar refractivity (Wildman–Crippen MR) is 102 cm³/mol. The minimum atomic E-state index is -3.58. The van der Waals surface area contributed by atoms with Gasteiger partial charge in [0.1, 0.15) is 0 Å². The number of benzene rings is 2. The summed E-state index contributed by atoms with van der Waals surface area (Å²) >= 11 is 0. The molecule has 0 amide bonds. The minimum Gasteiger partial charge on any atom is -0.360 e. The van der Waals surface area contributed by atoms with Crippen LogP contribution in [-0.4, -0.2) is 41.6 Å². The summed E-state index contributed by atoms with van der Waals surface area (Å²) in [5.41, 5.74) is 3.40. The highest BCUT2D eigenvalue weighted by Gasteiger charge is 2.19. The van der Waals surface area contributed by atoms with E-state index < -0.39 is 10.0 Å². The molecule has 2 aromatic rings. The van der Waals surface area contributed by atoms with Crippen LogP contribution >= 0.6 is 0 Å². The van der Waals surface area contributed by atoms with E-state index in [0.29, 0.717) is 10.6 Å². The Labute approximate surface area is 150 Å². The molecule has 3 rings (SSSR count). The molecular weight excluding hydrogens is 334 g/mol. The maximum absolute atomic E-state index is 12.7. The van der Waals surface area contributed by atoms with E-state index in [0.717, 1.165) is 43.0 Å². The summed E-state index contributed by atoms with van der Waals surface area (Å²) in [5, 5.41) is 0. The van der Waals surface area contributed by atoms with Gasteiger partial charge in [0, 0.05) is 11.4 Å². The van der Waals surface area contributed by atoms with E-state index >= 15 is 0 Å². The largest absolute Gasteiger partial charge is 0.360 e. The SMILES string of the molecule is Cc1ccc(C)c(S(=O)(=O)Nc2ccc(N3CC[NH+](C)CC3)cc2)c1. The Morgan fingerprint density at radius 3 is 2.28 bits per heavy atom. The molecule has 0 atom stereocenters. The Balaban J connectivity index is 1.75. The van der Waals surface area contributed by atoms with Gasteiger partial charge in [0.25, 0.3) is 10.0 Å². The van der Waals surface area contributed by atoms with Crippen molar-refractivity contribution in [1.29, 1.82) is 0 Å². The second-order valence-corrected chi connectivity index (χ2v) is 8.52. The molecule has 1 aliphatic rings. The molecule has 2 N–H and O–H groups in total. The van der Waals surface area contributed by atoms with Crippen LogP contribution in [0.4, 0.5) is 11.4 Å². The van der Waals surface area contributed by atoms with E-state index in [1.807, 2.05) is 50.2 Å². The molecule has 6 heteroatoms. The van der Waals surface area contributed by atoms with E-state index in [2.05, 4.69) is 16.7 Å². The standard InChI is InChI=1S/C19H25N3O2S/c1-15-4-5-16(2)19(14-15)25(23,24)20-17-6-8-18(9-7-17)22-12-10-21(3)11-13-22/h4-9,14,20H,10-13H2,1-3H3/p+1. The summed E-state index contributed by atoms with van der Waals surface area (Å²) in [6, 6.07) is 13.1. The Bertz CT molecular complexity index is 839. The van der Waals surface area contributed by atoms with Crippen LogP contribution in [-0.2, 0) is 10.0 Å². The molecule has 0 spiro atoms. The van der Waals surface area contributed by atoms with Crippen molar-refractivity contribution >= 4 is 21.4 Å². The second-order valence-electron chi connectivity index (χ2n) is 6.87. The molecule has 0 bridgehead atoms. The normalized spacial score (nSPS) is 16.0. The number of aryl methyl sites for hydroxylation is 2. The molecule has 2 aromatic carbocycles. The van der Waals surface area contributed by atoms with Crippen LogP contribution < -0.4 is 14.5 Å². The van der Waals surface area contributed by atoms with Crippen molar-refractivity contribution < 1.29 is 13.3 Å². The highest BCUT2D eigenvalue weighted by atomic mass is 32.2. The lowest BCUT2D eigenvalue weighted by Crippen LogP contribution is -3.12. The lowest BCUT2D eigenvalue weighted by Gasteiger charge is -2.31. The van der Waals surface area contributed by atoms with Gasteiger partial charge in [0.2, 0.25) is 0 Å². The zero-order valence-electron chi connectivity index (χ0n) is 15.0. The van der Waals surface area contributed by atoms with Crippen molar-refractivity contribution in [3.8, 4) is 0 Å². The third-order valence-corrected chi connectivity index (χ3v) is 6.26. The fourth-order valence-corrected chi connectivity index (χ4v) is 4.48. The molecule has 0 unspecified atom stereocenters. The first-order valence-corrected chi connectivity index (χ1v) is 10.1. The van der Waals surface area contributed by atoms with Crippen molar-refractivity contribution in [1.82, 2.24) is 0 Å². The molecule has 0 saturated carbocycles. The van der Waals surface area contributed by atoms with Gasteiger partial charge in [0.15, 0.2) is 0 Å². The first kappa shape index (κ1) is 17.8. The quantitative estimate of drug-likeness (QED) is 0.868. The number of anilines is 2. The van der Waals surface area contributed by atoms with Gasteiger partial charge in [-0.1, -0.05) is 12.1 Å². The lowest BCUT2D eigenvalue weighted by atomic mass is 10.2. The molecule has 1 saturated heterocycles. The molecule has 0 aliphatic carbocycles. The number of likely N-dealkylation sites (N-methyl/N-ethyl adjacent to an activating group) is 1. The molecule has 1 aliphatic heterocycles. The average molecular weight is 361 g/mol. The third kappa shape index (κ3) is 4.14. The average Bonchev–Trinajstić information content (AvgIpc) is 2.58. The van der Waals surface area contributed by atoms with Crippen LogP contribution in [0.5, 0.6) is 0 Å². The van der Waals surface area contributed by atoms with Gasteiger partial charge in [-0.15, -0.1) is 0 Å². The summed E-state index contributed by atoms with van der Waals surface area (Å²) in [6.07, 6.45) is 0. The molecule has 0 aromatic heterocycles. The van der Waals surface area contributed by atoms with Crippen molar-refractivity contribution in [3.63, 3.8) is 0 Å². The van der Waals surface area contributed by atoms with Crippen molar-refractivity contribution in [2.45, 2.75) is 18.7 Å². The Kier molecular flexibility index (Phi) is 5.01. The zero-order chi connectivity index (χ0) is 18.0. The first-order valence-electron chi connectivity index (χ1n) is 8.61. The third-order valence-electron chi connectivity index (χ3n) is 4.73. The van der Waals surface area contributed by atoms with Gasteiger partial charge < -0.3 is 9.80 Å².